The predicted molar refractivity (Wildman–Crippen MR) is 136 cm³/mol. The molecule has 0 aliphatic heterocycles. The number of carbonyl (C=O) groups is 1. The number of hydrogen-bond donors (Lipinski definition) is 2. The van der Waals surface area contributed by atoms with Crippen molar-refractivity contribution in [3.05, 3.63) is 80.2 Å². The maximum absolute atomic E-state index is 13.1. The molecular weight excluding hydrogens is 464 g/mol. The third-order valence-electron chi connectivity index (χ3n) is 5.69. The number of hydrogen-bond acceptors (Lipinski definition) is 8. The van der Waals surface area contributed by atoms with E-state index in [-0.39, 0.29) is 17.2 Å². The summed E-state index contributed by atoms with van der Waals surface area (Å²) in [5.74, 6) is -0.762. The van der Waals surface area contributed by atoms with Crippen molar-refractivity contribution in [3.63, 3.8) is 0 Å². The second kappa shape index (κ2) is 8.59. The number of nitrogens with one attached hydrogen (secondary N) is 1. The zero-order valence-corrected chi connectivity index (χ0v) is 20.4. The van der Waals surface area contributed by atoms with E-state index < -0.39 is 5.97 Å². The molecule has 0 saturated carbocycles. The van der Waals surface area contributed by atoms with Gasteiger partial charge in [-0.25, -0.2) is 19.7 Å². The van der Waals surface area contributed by atoms with Crippen LogP contribution in [0.25, 0.3) is 32.8 Å². The molecule has 9 heteroatoms. The number of carboxylic acid groups (broad SMARTS) is 1. The Morgan fingerprint density at radius 2 is 1.86 bits per heavy atom. The molecule has 0 saturated heterocycles. The largest absolute Gasteiger partial charge is 0.476 e. The van der Waals surface area contributed by atoms with Gasteiger partial charge in [-0.1, -0.05) is 17.4 Å². The average molecular weight is 487 g/mol. The molecule has 176 valence electrons. The number of anilines is 1. The van der Waals surface area contributed by atoms with Gasteiger partial charge in [-0.15, -0.1) is 0 Å². The maximum Gasteiger partial charge on any atom is 0.356 e. The number of aromatic nitrogens is 3. The number of nitrogens with zero attached hydrogens (tertiary/aromatic N) is 3. The fraction of sp³-hybridized carbons (Fsp3) is 0.192. The van der Waals surface area contributed by atoms with Crippen molar-refractivity contribution < 1.29 is 14.3 Å². The first-order chi connectivity index (χ1) is 16.7. The van der Waals surface area contributed by atoms with Crippen molar-refractivity contribution in [2.24, 2.45) is 0 Å². The third kappa shape index (κ3) is 4.26. The van der Waals surface area contributed by atoms with Crippen molar-refractivity contribution in [3.8, 4) is 11.5 Å². The van der Waals surface area contributed by atoms with Crippen LogP contribution in [0, 0.1) is 20.8 Å². The highest BCUT2D eigenvalue weighted by Crippen LogP contribution is 2.31. The molecule has 0 aliphatic carbocycles. The molecule has 0 aliphatic rings. The molecule has 0 radical (unpaired) electrons. The highest BCUT2D eigenvalue weighted by molar-refractivity contribution is 7.18. The van der Waals surface area contributed by atoms with Crippen LogP contribution in [0.1, 0.15) is 45.3 Å². The smallest absolute Gasteiger partial charge is 0.356 e. The molecule has 4 heterocycles. The topological polar surface area (TPSA) is 118 Å². The lowest BCUT2D eigenvalue weighted by Crippen LogP contribution is -2.14. The van der Waals surface area contributed by atoms with Crippen molar-refractivity contribution in [1.29, 1.82) is 0 Å². The highest BCUT2D eigenvalue weighted by Gasteiger charge is 2.20. The van der Waals surface area contributed by atoms with Crippen molar-refractivity contribution in [1.82, 2.24) is 15.0 Å². The minimum atomic E-state index is -1.12. The van der Waals surface area contributed by atoms with Crippen molar-refractivity contribution in [2.75, 3.05) is 5.32 Å². The minimum absolute atomic E-state index is 0.0618. The number of rotatable bonds is 5. The summed E-state index contributed by atoms with van der Waals surface area (Å²) in [6.07, 6.45) is 0. The molecule has 8 nitrogen and oxygen atoms in total. The fourth-order valence-electron chi connectivity index (χ4n) is 4.09. The summed E-state index contributed by atoms with van der Waals surface area (Å²) in [5.41, 5.74) is 4.15. The van der Waals surface area contributed by atoms with Gasteiger partial charge in [-0.05, 0) is 63.6 Å². The first kappa shape index (κ1) is 22.7. The second-order valence-electron chi connectivity index (χ2n) is 8.48. The number of thiazole rings is 1. The predicted octanol–water partition coefficient (Wildman–Crippen LogP) is 5.66. The minimum Gasteiger partial charge on any atom is -0.476 e. The number of aromatic carboxylic acids is 1. The SMILES string of the molecule is Cc1cc(C(C)Nc2ccc(C)nc2C(=O)O)c2oc(-c3ccc4nc(C)sc4n3)cc(=O)c2c1. The van der Waals surface area contributed by atoms with Crippen LogP contribution in [0.15, 0.2) is 51.7 Å². The summed E-state index contributed by atoms with van der Waals surface area (Å²) in [4.78, 5) is 38.8. The van der Waals surface area contributed by atoms with Gasteiger partial charge in [0.25, 0.3) is 0 Å². The van der Waals surface area contributed by atoms with Crippen LogP contribution < -0.4 is 10.7 Å². The van der Waals surface area contributed by atoms with Gasteiger partial charge >= 0.3 is 5.97 Å². The summed E-state index contributed by atoms with van der Waals surface area (Å²) in [6, 6.07) is 11.9. The van der Waals surface area contributed by atoms with E-state index in [1.54, 1.807) is 31.2 Å². The fourth-order valence-corrected chi connectivity index (χ4v) is 4.88. The summed E-state index contributed by atoms with van der Waals surface area (Å²) in [5, 5.41) is 14.2. The summed E-state index contributed by atoms with van der Waals surface area (Å²) >= 11 is 1.48. The lowest BCUT2D eigenvalue weighted by Gasteiger charge is -2.19. The van der Waals surface area contributed by atoms with E-state index in [0.717, 1.165) is 26.5 Å². The van der Waals surface area contributed by atoms with Gasteiger partial charge in [0.2, 0.25) is 0 Å². The number of pyridine rings is 2. The summed E-state index contributed by atoms with van der Waals surface area (Å²) < 4.78 is 6.28. The normalized spacial score (nSPS) is 12.2. The molecule has 2 N–H and O–H groups in total. The van der Waals surface area contributed by atoms with E-state index in [1.165, 1.54) is 17.4 Å². The molecule has 5 rings (SSSR count). The second-order valence-corrected chi connectivity index (χ2v) is 9.66. The number of benzene rings is 1. The molecule has 4 aromatic heterocycles. The lowest BCUT2D eigenvalue weighted by atomic mass is 10.0. The summed E-state index contributed by atoms with van der Waals surface area (Å²) in [6.45, 7) is 7.45. The van der Waals surface area contributed by atoms with E-state index in [1.807, 2.05) is 32.9 Å². The Bertz CT molecular complexity index is 1690. The monoisotopic (exact) mass is 486 g/mol. The molecular formula is C26H22N4O4S. The van der Waals surface area contributed by atoms with Gasteiger partial charge in [0, 0.05) is 17.3 Å². The van der Waals surface area contributed by atoms with Crippen LogP contribution in [-0.2, 0) is 0 Å². The molecule has 0 bridgehead atoms. The van der Waals surface area contributed by atoms with Gasteiger partial charge in [-0.2, -0.15) is 0 Å². The Morgan fingerprint density at radius 3 is 2.63 bits per heavy atom. The Balaban J connectivity index is 1.63. The third-order valence-corrected chi connectivity index (χ3v) is 6.57. The average Bonchev–Trinajstić information content (AvgIpc) is 3.19. The van der Waals surface area contributed by atoms with Gasteiger partial charge in [0.15, 0.2) is 16.9 Å². The van der Waals surface area contributed by atoms with E-state index >= 15 is 0 Å². The highest BCUT2D eigenvalue weighted by atomic mass is 32.1. The molecule has 5 aromatic rings. The molecule has 0 spiro atoms. The van der Waals surface area contributed by atoms with Crippen LogP contribution in [0.2, 0.25) is 0 Å². The molecule has 0 fully saturated rings. The van der Waals surface area contributed by atoms with Gasteiger partial charge in [0.05, 0.1) is 22.1 Å². The molecule has 35 heavy (non-hydrogen) atoms. The lowest BCUT2D eigenvalue weighted by molar-refractivity contribution is 0.0691. The Labute approximate surface area is 204 Å². The maximum atomic E-state index is 13.1. The molecule has 0 amide bonds. The number of carboxylic acids is 1. The molecule has 1 aromatic carbocycles. The van der Waals surface area contributed by atoms with Crippen LogP contribution in [0.3, 0.4) is 0 Å². The standard InChI is InChI=1S/C26H22N4O4S/c1-12-9-16(14(3)28-19-6-5-13(2)27-23(19)26(32)33)24-17(10-12)21(31)11-22(34-24)18-7-8-20-25(30-18)35-15(4)29-20/h5-11,14,28H,1-4H3,(H,32,33). The van der Waals surface area contributed by atoms with Crippen LogP contribution in [-0.4, -0.2) is 26.0 Å². The van der Waals surface area contributed by atoms with E-state index in [9.17, 15) is 14.7 Å². The first-order valence-corrected chi connectivity index (χ1v) is 11.8. The van der Waals surface area contributed by atoms with E-state index in [2.05, 4.69) is 20.3 Å². The van der Waals surface area contributed by atoms with Gasteiger partial charge in [0.1, 0.15) is 21.6 Å². The number of fused-ring (bicyclic) bond motifs is 2. The number of aryl methyl sites for hydroxylation is 3. The first-order valence-electron chi connectivity index (χ1n) is 11.0. The van der Waals surface area contributed by atoms with E-state index in [4.69, 9.17) is 4.42 Å². The molecule has 1 atom stereocenters. The van der Waals surface area contributed by atoms with Crippen molar-refractivity contribution >= 4 is 44.3 Å². The van der Waals surface area contributed by atoms with Gasteiger partial charge in [-0.3, -0.25) is 4.79 Å². The van der Waals surface area contributed by atoms with Crippen LogP contribution in [0.5, 0.6) is 0 Å². The van der Waals surface area contributed by atoms with E-state index in [0.29, 0.717) is 33.8 Å². The Hall–Kier alpha value is -4.11. The Kier molecular flexibility index (Phi) is 5.56. The summed E-state index contributed by atoms with van der Waals surface area (Å²) in [7, 11) is 0. The quantitative estimate of drug-likeness (QED) is 0.327. The zero-order valence-electron chi connectivity index (χ0n) is 19.5. The van der Waals surface area contributed by atoms with Gasteiger partial charge < -0.3 is 14.8 Å². The van der Waals surface area contributed by atoms with Crippen LogP contribution in [0.4, 0.5) is 5.69 Å². The van der Waals surface area contributed by atoms with Crippen LogP contribution >= 0.6 is 11.3 Å². The van der Waals surface area contributed by atoms with Crippen molar-refractivity contribution in [2.45, 2.75) is 33.7 Å². The molecule has 1 unspecified atom stereocenters. The zero-order chi connectivity index (χ0) is 24.9. The Morgan fingerprint density at radius 1 is 1.06 bits per heavy atom.